The first-order valence-electron chi connectivity index (χ1n) is 7.04. The predicted octanol–water partition coefficient (Wildman–Crippen LogP) is 2.93. The molecule has 0 unspecified atom stereocenters. The van der Waals surface area contributed by atoms with E-state index in [0.29, 0.717) is 12.1 Å². The Morgan fingerprint density at radius 3 is 2.67 bits per heavy atom. The molecule has 0 saturated heterocycles. The lowest BCUT2D eigenvalue weighted by Gasteiger charge is -2.23. The SMILES string of the molecule is CCc1c(C(=O)N(C)Cc2cscn2)cnn1C(C)(C)C. The van der Waals surface area contributed by atoms with Gasteiger partial charge >= 0.3 is 0 Å². The lowest BCUT2D eigenvalue weighted by Crippen LogP contribution is -2.29. The van der Waals surface area contributed by atoms with Gasteiger partial charge in [-0.05, 0) is 27.2 Å². The molecule has 0 aliphatic rings. The second-order valence-corrected chi connectivity index (χ2v) is 6.80. The zero-order chi connectivity index (χ0) is 15.6. The van der Waals surface area contributed by atoms with Crippen LogP contribution in [0.4, 0.5) is 0 Å². The van der Waals surface area contributed by atoms with Gasteiger partial charge in [-0.25, -0.2) is 4.98 Å². The van der Waals surface area contributed by atoms with E-state index in [-0.39, 0.29) is 11.4 Å². The Bertz CT molecular complexity index is 610. The zero-order valence-corrected chi connectivity index (χ0v) is 14.1. The Kier molecular flexibility index (Phi) is 4.46. The molecule has 0 aromatic carbocycles. The van der Waals surface area contributed by atoms with Crippen LogP contribution >= 0.6 is 11.3 Å². The maximum Gasteiger partial charge on any atom is 0.257 e. The third-order valence-corrected chi connectivity index (χ3v) is 3.93. The molecule has 0 aliphatic heterocycles. The van der Waals surface area contributed by atoms with Gasteiger partial charge < -0.3 is 4.90 Å². The third-order valence-electron chi connectivity index (χ3n) is 3.30. The van der Waals surface area contributed by atoms with Gasteiger partial charge in [0, 0.05) is 12.4 Å². The first-order chi connectivity index (χ1) is 9.84. The highest BCUT2D eigenvalue weighted by Crippen LogP contribution is 2.21. The molecule has 0 fully saturated rings. The van der Waals surface area contributed by atoms with E-state index in [2.05, 4.69) is 37.8 Å². The Labute approximate surface area is 129 Å². The molecule has 0 saturated carbocycles. The molecule has 1 amide bonds. The number of rotatable bonds is 4. The van der Waals surface area contributed by atoms with Crippen LogP contribution in [0.15, 0.2) is 17.1 Å². The third kappa shape index (κ3) is 3.32. The Balaban J connectivity index is 2.25. The average molecular weight is 306 g/mol. The summed E-state index contributed by atoms with van der Waals surface area (Å²) in [6.07, 6.45) is 2.47. The van der Waals surface area contributed by atoms with Crippen LogP contribution in [0.3, 0.4) is 0 Å². The molecule has 5 nitrogen and oxygen atoms in total. The summed E-state index contributed by atoms with van der Waals surface area (Å²) in [6.45, 7) is 8.84. The van der Waals surface area contributed by atoms with E-state index in [1.165, 1.54) is 11.3 Å². The first-order valence-corrected chi connectivity index (χ1v) is 7.98. The Morgan fingerprint density at radius 2 is 2.14 bits per heavy atom. The fourth-order valence-corrected chi connectivity index (χ4v) is 2.86. The van der Waals surface area contributed by atoms with Crippen LogP contribution in [0, 0.1) is 0 Å². The first kappa shape index (κ1) is 15.7. The highest BCUT2D eigenvalue weighted by molar-refractivity contribution is 7.07. The number of amides is 1. The number of aromatic nitrogens is 3. The van der Waals surface area contributed by atoms with Gasteiger partial charge in [-0.1, -0.05) is 6.92 Å². The van der Waals surface area contributed by atoms with Crippen molar-refractivity contribution in [2.75, 3.05) is 7.05 Å². The normalized spacial score (nSPS) is 11.7. The van der Waals surface area contributed by atoms with Crippen LogP contribution in [0.1, 0.15) is 49.4 Å². The molecule has 0 bridgehead atoms. The van der Waals surface area contributed by atoms with E-state index in [1.807, 2.05) is 10.1 Å². The second kappa shape index (κ2) is 5.97. The van der Waals surface area contributed by atoms with E-state index < -0.39 is 0 Å². The van der Waals surface area contributed by atoms with Gasteiger partial charge in [-0.15, -0.1) is 11.3 Å². The molecule has 0 spiro atoms. The molecule has 0 atom stereocenters. The van der Waals surface area contributed by atoms with Crippen LogP contribution < -0.4 is 0 Å². The van der Waals surface area contributed by atoms with E-state index in [9.17, 15) is 4.79 Å². The van der Waals surface area contributed by atoms with Gasteiger partial charge in [0.05, 0.1) is 40.7 Å². The molecule has 2 aromatic heterocycles. The van der Waals surface area contributed by atoms with Crippen LogP contribution in [0.2, 0.25) is 0 Å². The minimum atomic E-state index is -0.128. The number of hydrogen-bond acceptors (Lipinski definition) is 4. The molecular formula is C15H22N4OS. The van der Waals surface area contributed by atoms with Crippen molar-refractivity contribution in [3.63, 3.8) is 0 Å². The number of thiazole rings is 1. The van der Waals surface area contributed by atoms with Crippen molar-refractivity contribution < 1.29 is 4.79 Å². The highest BCUT2D eigenvalue weighted by Gasteiger charge is 2.24. The summed E-state index contributed by atoms with van der Waals surface area (Å²) in [4.78, 5) is 18.6. The fourth-order valence-electron chi connectivity index (χ4n) is 2.31. The minimum absolute atomic E-state index is 0.00431. The molecule has 0 aliphatic carbocycles. The summed E-state index contributed by atoms with van der Waals surface area (Å²) in [5.41, 5.74) is 4.24. The molecule has 0 N–H and O–H groups in total. The Morgan fingerprint density at radius 1 is 1.43 bits per heavy atom. The van der Waals surface area contributed by atoms with Crippen LogP contribution in [-0.4, -0.2) is 32.6 Å². The minimum Gasteiger partial charge on any atom is -0.336 e. The maximum absolute atomic E-state index is 12.6. The topological polar surface area (TPSA) is 51.0 Å². The van der Waals surface area contributed by atoms with Gasteiger partial charge in [-0.3, -0.25) is 9.48 Å². The summed E-state index contributed by atoms with van der Waals surface area (Å²) >= 11 is 1.54. The van der Waals surface area contributed by atoms with Crippen LogP contribution in [-0.2, 0) is 18.5 Å². The zero-order valence-electron chi connectivity index (χ0n) is 13.3. The fraction of sp³-hybridized carbons (Fsp3) is 0.533. The summed E-state index contributed by atoms with van der Waals surface area (Å²) in [7, 11) is 1.80. The standard InChI is InChI=1S/C15H22N4OS/c1-6-13-12(7-17-19(13)15(2,3)4)14(20)18(5)8-11-9-21-10-16-11/h7,9-10H,6,8H2,1-5H3. The molecule has 114 valence electrons. The van der Waals surface area contributed by atoms with Gasteiger partial charge in [0.1, 0.15) is 0 Å². The number of carbonyl (C=O) groups excluding carboxylic acids is 1. The van der Waals surface area contributed by atoms with Gasteiger partial charge in [0.2, 0.25) is 0 Å². The van der Waals surface area contributed by atoms with Crippen molar-refractivity contribution in [1.82, 2.24) is 19.7 Å². The van der Waals surface area contributed by atoms with Crippen LogP contribution in [0.5, 0.6) is 0 Å². The molecule has 2 heterocycles. The molecule has 2 rings (SSSR count). The molecule has 6 heteroatoms. The Hall–Kier alpha value is -1.69. The van der Waals surface area contributed by atoms with Crippen molar-refractivity contribution >= 4 is 17.2 Å². The van der Waals surface area contributed by atoms with Gasteiger partial charge in [0.25, 0.3) is 5.91 Å². The van der Waals surface area contributed by atoms with E-state index in [1.54, 1.807) is 23.7 Å². The molecule has 2 aromatic rings. The highest BCUT2D eigenvalue weighted by atomic mass is 32.1. The van der Waals surface area contributed by atoms with E-state index in [0.717, 1.165) is 17.8 Å². The largest absolute Gasteiger partial charge is 0.336 e. The lowest BCUT2D eigenvalue weighted by molar-refractivity contribution is 0.0782. The summed E-state index contributed by atoms with van der Waals surface area (Å²) < 4.78 is 1.94. The summed E-state index contributed by atoms with van der Waals surface area (Å²) in [5, 5.41) is 6.38. The van der Waals surface area contributed by atoms with Crippen molar-refractivity contribution in [2.24, 2.45) is 0 Å². The molecular weight excluding hydrogens is 284 g/mol. The number of nitrogens with zero attached hydrogens (tertiary/aromatic N) is 4. The lowest BCUT2D eigenvalue weighted by atomic mass is 10.1. The maximum atomic E-state index is 12.6. The second-order valence-electron chi connectivity index (χ2n) is 6.08. The molecule has 0 radical (unpaired) electrons. The van der Waals surface area contributed by atoms with Crippen molar-refractivity contribution in [2.45, 2.75) is 46.2 Å². The number of hydrogen-bond donors (Lipinski definition) is 0. The van der Waals surface area contributed by atoms with Crippen LogP contribution in [0.25, 0.3) is 0 Å². The van der Waals surface area contributed by atoms with E-state index in [4.69, 9.17) is 0 Å². The van der Waals surface area contributed by atoms with Crippen molar-refractivity contribution in [3.8, 4) is 0 Å². The number of carbonyl (C=O) groups is 1. The monoisotopic (exact) mass is 306 g/mol. The molecule has 21 heavy (non-hydrogen) atoms. The average Bonchev–Trinajstić information content (AvgIpc) is 3.04. The van der Waals surface area contributed by atoms with Gasteiger partial charge in [-0.2, -0.15) is 5.10 Å². The van der Waals surface area contributed by atoms with Gasteiger partial charge in [0.15, 0.2) is 0 Å². The predicted molar refractivity (Wildman–Crippen MR) is 84.5 cm³/mol. The van der Waals surface area contributed by atoms with Crippen molar-refractivity contribution in [3.05, 3.63) is 34.0 Å². The van der Waals surface area contributed by atoms with E-state index >= 15 is 0 Å². The smallest absolute Gasteiger partial charge is 0.257 e. The van der Waals surface area contributed by atoms with Crippen molar-refractivity contribution in [1.29, 1.82) is 0 Å². The summed E-state index contributed by atoms with van der Waals surface area (Å²) in [5.74, 6) is -0.00431. The summed E-state index contributed by atoms with van der Waals surface area (Å²) in [6, 6.07) is 0. The quantitative estimate of drug-likeness (QED) is 0.872.